The van der Waals surface area contributed by atoms with Crippen LogP contribution in [0.3, 0.4) is 0 Å². The van der Waals surface area contributed by atoms with Crippen molar-refractivity contribution in [3.05, 3.63) is 47.9 Å². The molecule has 1 N–H and O–H groups in total. The Hall–Kier alpha value is -2.23. The molecule has 1 aromatic carbocycles. The first-order valence-corrected chi connectivity index (χ1v) is 5.31. The summed E-state index contributed by atoms with van der Waals surface area (Å²) < 4.78 is 13.2. The van der Waals surface area contributed by atoms with Gasteiger partial charge in [-0.1, -0.05) is 6.07 Å². The van der Waals surface area contributed by atoms with Gasteiger partial charge in [0, 0.05) is 11.8 Å². The Kier molecular flexibility index (Phi) is 2.14. The highest BCUT2D eigenvalue weighted by Crippen LogP contribution is 2.23. The van der Waals surface area contributed by atoms with Crippen molar-refractivity contribution >= 4 is 11.2 Å². The molecular weight excluding hydrogens is 217 g/mol. The molecule has 0 atom stereocenters. The number of aromatic nitrogens is 3. The van der Waals surface area contributed by atoms with E-state index in [2.05, 4.69) is 15.0 Å². The number of H-pyrrole nitrogens is 1. The van der Waals surface area contributed by atoms with E-state index in [1.165, 1.54) is 12.1 Å². The van der Waals surface area contributed by atoms with Gasteiger partial charge in [-0.05, 0) is 36.8 Å². The van der Waals surface area contributed by atoms with Gasteiger partial charge in [-0.15, -0.1) is 0 Å². The average Bonchev–Trinajstić information content (AvgIpc) is 2.75. The standard InChI is InChI=1S/C13H10FN3/c1-8-4-5-9(14)7-10(8)12-16-11-3-2-6-15-13(11)17-12/h2-7H,1H3,(H,15,16,17). The summed E-state index contributed by atoms with van der Waals surface area (Å²) in [4.78, 5) is 11.6. The Balaban J connectivity index is 2.23. The Morgan fingerprint density at radius 2 is 2.12 bits per heavy atom. The van der Waals surface area contributed by atoms with Crippen molar-refractivity contribution in [2.45, 2.75) is 6.92 Å². The molecule has 3 rings (SSSR count). The normalized spacial score (nSPS) is 10.9. The molecule has 17 heavy (non-hydrogen) atoms. The van der Waals surface area contributed by atoms with Crippen LogP contribution in [0.15, 0.2) is 36.5 Å². The molecule has 4 heteroatoms. The minimum atomic E-state index is -0.265. The lowest BCUT2D eigenvalue weighted by Gasteiger charge is -2.01. The molecule has 3 aromatic rings. The van der Waals surface area contributed by atoms with Gasteiger partial charge in [-0.2, -0.15) is 0 Å². The van der Waals surface area contributed by atoms with E-state index in [1.807, 2.05) is 19.1 Å². The molecule has 0 spiro atoms. The number of imidazole rings is 1. The third-order valence-corrected chi connectivity index (χ3v) is 2.71. The number of aryl methyl sites for hydroxylation is 1. The molecule has 0 unspecified atom stereocenters. The molecule has 0 amide bonds. The molecule has 0 bridgehead atoms. The van der Waals surface area contributed by atoms with Gasteiger partial charge in [-0.25, -0.2) is 14.4 Å². The lowest BCUT2D eigenvalue weighted by molar-refractivity contribution is 0.628. The Bertz CT molecular complexity index is 655. The van der Waals surface area contributed by atoms with Gasteiger partial charge in [0.25, 0.3) is 0 Å². The zero-order valence-corrected chi connectivity index (χ0v) is 9.24. The molecule has 0 aliphatic heterocycles. The van der Waals surface area contributed by atoms with E-state index in [-0.39, 0.29) is 5.82 Å². The second-order valence-corrected chi connectivity index (χ2v) is 3.92. The highest BCUT2D eigenvalue weighted by Gasteiger charge is 2.08. The summed E-state index contributed by atoms with van der Waals surface area (Å²) in [5.74, 6) is 0.384. The summed E-state index contributed by atoms with van der Waals surface area (Å²) in [7, 11) is 0. The minimum absolute atomic E-state index is 0.265. The maximum atomic E-state index is 13.2. The summed E-state index contributed by atoms with van der Waals surface area (Å²) in [6, 6.07) is 8.40. The molecule has 0 aliphatic carbocycles. The second-order valence-electron chi connectivity index (χ2n) is 3.92. The van der Waals surface area contributed by atoms with E-state index < -0.39 is 0 Å². The van der Waals surface area contributed by atoms with Gasteiger partial charge in [0.15, 0.2) is 5.65 Å². The molecular formula is C13H10FN3. The summed E-state index contributed by atoms with van der Waals surface area (Å²) in [6.45, 7) is 1.93. The summed E-state index contributed by atoms with van der Waals surface area (Å²) >= 11 is 0. The van der Waals surface area contributed by atoms with Crippen molar-refractivity contribution < 1.29 is 4.39 Å². The smallest absolute Gasteiger partial charge is 0.178 e. The number of hydrogen-bond acceptors (Lipinski definition) is 2. The monoisotopic (exact) mass is 227 g/mol. The molecule has 0 fully saturated rings. The average molecular weight is 227 g/mol. The topological polar surface area (TPSA) is 41.6 Å². The number of halogens is 1. The fourth-order valence-corrected chi connectivity index (χ4v) is 1.82. The number of aromatic amines is 1. The van der Waals surface area contributed by atoms with Crippen LogP contribution in [0.2, 0.25) is 0 Å². The zero-order valence-electron chi connectivity index (χ0n) is 9.24. The molecule has 0 saturated carbocycles. The van der Waals surface area contributed by atoms with Crippen molar-refractivity contribution in [1.29, 1.82) is 0 Å². The summed E-state index contributed by atoms with van der Waals surface area (Å²) in [5.41, 5.74) is 3.24. The first-order valence-electron chi connectivity index (χ1n) is 5.31. The van der Waals surface area contributed by atoms with Crippen molar-refractivity contribution in [3.63, 3.8) is 0 Å². The van der Waals surface area contributed by atoms with Crippen molar-refractivity contribution in [3.8, 4) is 11.4 Å². The second kappa shape index (κ2) is 3.66. The molecule has 0 aliphatic rings. The largest absolute Gasteiger partial charge is 0.337 e. The highest BCUT2D eigenvalue weighted by molar-refractivity contribution is 5.76. The van der Waals surface area contributed by atoms with Gasteiger partial charge in [0.1, 0.15) is 11.6 Å². The third kappa shape index (κ3) is 1.67. The van der Waals surface area contributed by atoms with Crippen LogP contribution >= 0.6 is 0 Å². The van der Waals surface area contributed by atoms with Gasteiger partial charge >= 0.3 is 0 Å². The fourth-order valence-electron chi connectivity index (χ4n) is 1.82. The van der Waals surface area contributed by atoms with Crippen molar-refractivity contribution in [2.75, 3.05) is 0 Å². The summed E-state index contributed by atoms with van der Waals surface area (Å²) in [5, 5.41) is 0. The van der Waals surface area contributed by atoms with Gasteiger partial charge in [0.2, 0.25) is 0 Å². The van der Waals surface area contributed by atoms with Crippen molar-refractivity contribution in [2.24, 2.45) is 0 Å². The van der Waals surface area contributed by atoms with Crippen molar-refractivity contribution in [1.82, 2.24) is 15.0 Å². The maximum Gasteiger partial charge on any atom is 0.178 e. The highest BCUT2D eigenvalue weighted by atomic mass is 19.1. The van der Waals surface area contributed by atoms with E-state index in [0.717, 1.165) is 16.6 Å². The number of fused-ring (bicyclic) bond motifs is 1. The third-order valence-electron chi connectivity index (χ3n) is 2.71. The minimum Gasteiger partial charge on any atom is -0.337 e. The van der Waals surface area contributed by atoms with Crippen LogP contribution in [0.4, 0.5) is 4.39 Å². The molecule has 2 heterocycles. The number of pyridine rings is 1. The van der Waals surface area contributed by atoms with Crippen LogP contribution in [0.1, 0.15) is 5.56 Å². The van der Waals surface area contributed by atoms with E-state index in [4.69, 9.17) is 0 Å². The van der Waals surface area contributed by atoms with Crippen LogP contribution in [-0.2, 0) is 0 Å². The van der Waals surface area contributed by atoms with Crippen LogP contribution in [0, 0.1) is 12.7 Å². The van der Waals surface area contributed by atoms with E-state index in [0.29, 0.717) is 11.5 Å². The van der Waals surface area contributed by atoms with Crippen LogP contribution in [0.25, 0.3) is 22.6 Å². The van der Waals surface area contributed by atoms with Crippen LogP contribution < -0.4 is 0 Å². The lowest BCUT2D eigenvalue weighted by atomic mass is 10.1. The molecule has 84 valence electrons. The van der Waals surface area contributed by atoms with Crippen LogP contribution in [-0.4, -0.2) is 15.0 Å². The first-order chi connectivity index (χ1) is 8.24. The first kappa shape index (κ1) is 9.96. The number of hydrogen-bond donors (Lipinski definition) is 1. The number of nitrogens with zero attached hydrogens (tertiary/aromatic N) is 2. The van der Waals surface area contributed by atoms with E-state index >= 15 is 0 Å². The van der Waals surface area contributed by atoms with Gasteiger partial charge in [-0.3, -0.25) is 0 Å². The Morgan fingerprint density at radius 3 is 2.94 bits per heavy atom. The Morgan fingerprint density at radius 1 is 1.24 bits per heavy atom. The lowest BCUT2D eigenvalue weighted by Crippen LogP contribution is -1.87. The zero-order chi connectivity index (χ0) is 11.8. The van der Waals surface area contributed by atoms with E-state index in [1.54, 1.807) is 12.3 Å². The SMILES string of the molecule is Cc1ccc(F)cc1-c1nc2ncccc2[nH]1. The number of benzene rings is 1. The number of nitrogens with one attached hydrogen (secondary N) is 1. The summed E-state index contributed by atoms with van der Waals surface area (Å²) in [6.07, 6.45) is 1.69. The number of rotatable bonds is 1. The predicted octanol–water partition coefficient (Wildman–Crippen LogP) is 3.07. The predicted molar refractivity (Wildman–Crippen MR) is 64.0 cm³/mol. The maximum absolute atomic E-state index is 13.2. The van der Waals surface area contributed by atoms with Crippen LogP contribution in [0.5, 0.6) is 0 Å². The molecule has 2 aromatic heterocycles. The van der Waals surface area contributed by atoms with Gasteiger partial charge in [0.05, 0.1) is 5.52 Å². The quantitative estimate of drug-likeness (QED) is 0.694. The fraction of sp³-hybridized carbons (Fsp3) is 0.0769. The molecule has 3 nitrogen and oxygen atoms in total. The Labute approximate surface area is 97.3 Å². The van der Waals surface area contributed by atoms with Gasteiger partial charge < -0.3 is 4.98 Å². The molecule has 0 radical (unpaired) electrons. The molecule has 0 saturated heterocycles. The van der Waals surface area contributed by atoms with E-state index in [9.17, 15) is 4.39 Å².